The van der Waals surface area contributed by atoms with Crippen LogP contribution in [0.1, 0.15) is 22.5 Å². The van der Waals surface area contributed by atoms with Gasteiger partial charge in [-0.15, -0.1) is 0 Å². The van der Waals surface area contributed by atoms with Gasteiger partial charge in [0.2, 0.25) is 0 Å². The minimum absolute atomic E-state index is 0.176. The maximum atomic E-state index is 13.9. The van der Waals surface area contributed by atoms with Crippen LogP contribution in [0, 0.1) is 5.82 Å². The number of fused-ring (bicyclic) bond motifs is 1. The molecule has 25 heavy (non-hydrogen) atoms. The lowest BCUT2D eigenvalue weighted by atomic mass is 10.0. The van der Waals surface area contributed by atoms with Crippen molar-refractivity contribution in [3.63, 3.8) is 0 Å². The molecule has 2 aromatic carbocycles. The molecule has 2 heterocycles. The van der Waals surface area contributed by atoms with Crippen LogP contribution < -0.4 is 0 Å². The Hall–Kier alpha value is -3.27. The molecule has 4 aromatic rings. The molecular weight excluding hydrogens is 313 g/mol. The Balaban J connectivity index is 1.66. The fourth-order valence-corrected chi connectivity index (χ4v) is 2.82. The molecule has 2 aromatic heterocycles. The third-order valence-electron chi connectivity index (χ3n) is 4.11. The van der Waals surface area contributed by atoms with Crippen LogP contribution in [0.5, 0.6) is 0 Å². The first-order chi connectivity index (χ1) is 12.3. The highest BCUT2D eigenvalue weighted by atomic mass is 19.1. The molecule has 0 fully saturated rings. The van der Waals surface area contributed by atoms with Gasteiger partial charge in [0.15, 0.2) is 0 Å². The lowest BCUT2D eigenvalue weighted by Crippen LogP contribution is -1.92. The van der Waals surface area contributed by atoms with E-state index in [1.54, 1.807) is 12.3 Å². The van der Waals surface area contributed by atoms with E-state index < -0.39 is 0 Å². The van der Waals surface area contributed by atoms with Gasteiger partial charge in [-0.05, 0) is 53.6 Å². The molecule has 0 radical (unpaired) electrons. The number of nitrogens with one attached hydrogen (secondary N) is 1. The van der Waals surface area contributed by atoms with E-state index in [1.807, 2.05) is 54.6 Å². The lowest BCUT2D eigenvalue weighted by molar-refractivity contribution is 0.614. The summed E-state index contributed by atoms with van der Waals surface area (Å²) in [6.07, 6.45) is 6.22. The van der Waals surface area contributed by atoms with Gasteiger partial charge in [-0.1, -0.05) is 30.3 Å². The molecule has 4 heteroatoms. The quantitative estimate of drug-likeness (QED) is 0.581. The van der Waals surface area contributed by atoms with Crippen LogP contribution in [-0.2, 0) is 6.42 Å². The fourth-order valence-electron chi connectivity index (χ4n) is 2.82. The molecule has 0 aliphatic carbocycles. The van der Waals surface area contributed by atoms with Gasteiger partial charge in [0.1, 0.15) is 5.82 Å². The number of aromatic amines is 1. The van der Waals surface area contributed by atoms with E-state index in [0.29, 0.717) is 12.0 Å². The van der Waals surface area contributed by atoms with Crippen molar-refractivity contribution >= 4 is 23.1 Å². The largest absolute Gasteiger partial charge is 0.277 e. The number of pyridine rings is 1. The highest BCUT2D eigenvalue weighted by molar-refractivity contribution is 5.89. The zero-order valence-electron chi connectivity index (χ0n) is 13.5. The predicted molar refractivity (Wildman–Crippen MR) is 98.5 cm³/mol. The van der Waals surface area contributed by atoms with Crippen molar-refractivity contribution in [1.29, 1.82) is 0 Å². The molecule has 0 aliphatic rings. The van der Waals surface area contributed by atoms with Gasteiger partial charge in [0.25, 0.3) is 0 Å². The van der Waals surface area contributed by atoms with Gasteiger partial charge in [0, 0.05) is 18.0 Å². The molecule has 0 amide bonds. The number of rotatable bonds is 4. The highest BCUT2D eigenvalue weighted by Crippen LogP contribution is 2.22. The van der Waals surface area contributed by atoms with Gasteiger partial charge in [-0.2, -0.15) is 5.10 Å². The second-order valence-corrected chi connectivity index (χ2v) is 5.84. The number of aromatic nitrogens is 3. The van der Waals surface area contributed by atoms with Crippen molar-refractivity contribution in [1.82, 2.24) is 15.2 Å². The number of benzene rings is 2. The van der Waals surface area contributed by atoms with Gasteiger partial charge >= 0.3 is 0 Å². The molecule has 0 bridgehead atoms. The summed E-state index contributed by atoms with van der Waals surface area (Å²) in [6, 6.07) is 18.7. The molecular formula is C21H16FN3. The average Bonchev–Trinajstić information content (AvgIpc) is 3.05. The molecule has 0 spiro atoms. The third-order valence-corrected chi connectivity index (χ3v) is 4.11. The monoisotopic (exact) mass is 329 g/mol. The third kappa shape index (κ3) is 3.33. The zero-order chi connectivity index (χ0) is 17.1. The first-order valence-corrected chi connectivity index (χ1v) is 8.09. The van der Waals surface area contributed by atoms with Gasteiger partial charge < -0.3 is 0 Å². The molecule has 0 unspecified atom stereocenters. The fraction of sp³-hybridized carbons (Fsp3) is 0.0476. The van der Waals surface area contributed by atoms with Crippen molar-refractivity contribution < 1.29 is 4.39 Å². The van der Waals surface area contributed by atoms with Crippen LogP contribution in [0.15, 0.2) is 66.9 Å². The summed E-state index contributed by atoms with van der Waals surface area (Å²) in [5.74, 6) is -0.176. The van der Waals surface area contributed by atoms with Crippen LogP contribution in [0.3, 0.4) is 0 Å². The maximum Gasteiger partial charge on any atom is 0.126 e. The number of nitrogens with zero attached hydrogens (tertiary/aromatic N) is 2. The van der Waals surface area contributed by atoms with E-state index in [0.717, 1.165) is 27.9 Å². The van der Waals surface area contributed by atoms with E-state index in [-0.39, 0.29) is 5.82 Å². The highest BCUT2D eigenvalue weighted by Gasteiger charge is 2.07. The minimum Gasteiger partial charge on any atom is -0.277 e. The lowest BCUT2D eigenvalue weighted by Gasteiger charge is -2.04. The number of hydrogen-bond acceptors (Lipinski definition) is 2. The Kier molecular flexibility index (Phi) is 4.09. The molecule has 0 atom stereocenters. The van der Waals surface area contributed by atoms with E-state index >= 15 is 0 Å². The Morgan fingerprint density at radius 1 is 0.960 bits per heavy atom. The maximum absolute atomic E-state index is 13.9. The standard InChI is InChI=1S/C21H16FN3/c22-19-7-2-1-5-16(19)13-15-8-10-20-18(14-15)21(25-24-20)11-9-17-6-3-4-12-23-17/h1-12,14H,13H2,(H,24,25)/b11-9+. The molecule has 1 N–H and O–H groups in total. The second kappa shape index (κ2) is 6.69. The second-order valence-electron chi connectivity index (χ2n) is 5.84. The van der Waals surface area contributed by atoms with Crippen LogP contribution in [0.2, 0.25) is 0 Å². The smallest absolute Gasteiger partial charge is 0.126 e. The van der Waals surface area contributed by atoms with E-state index in [2.05, 4.69) is 21.2 Å². The van der Waals surface area contributed by atoms with Crippen LogP contribution in [-0.4, -0.2) is 15.2 Å². The summed E-state index contributed by atoms with van der Waals surface area (Å²) in [5, 5.41) is 8.39. The first-order valence-electron chi connectivity index (χ1n) is 8.09. The number of halogens is 1. The zero-order valence-corrected chi connectivity index (χ0v) is 13.5. The van der Waals surface area contributed by atoms with Crippen molar-refractivity contribution in [3.8, 4) is 0 Å². The topological polar surface area (TPSA) is 41.6 Å². The number of hydrogen-bond donors (Lipinski definition) is 1. The average molecular weight is 329 g/mol. The summed E-state index contributed by atoms with van der Waals surface area (Å²) in [6.45, 7) is 0. The SMILES string of the molecule is Fc1ccccc1Cc1ccc2n[nH]c(/C=C/c3ccccn3)c2c1. The molecule has 0 saturated heterocycles. The molecule has 3 nitrogen and oxygen atoms in total. The summed E-state index contributed by atoms with van der Waals surface area (Å²) < 4.78 is 13.9. The van der Waals surface area contributed by atoms with Crippen molar-refractivity contribution in [3.05, 3.63) is 95.2 Å². The Bertz CT molecular complexity index is 1040. The number of H-pyrrole nitrogens is 1. The Morgan fingerprint density at radius 2 is 1.84 bits per heavy atom. The van der Waals surface area contributed by atoms with Gasteiger partial charge in [-0.25, -0.2) is 4.39 Å². The normalized spacial score (nSPS) is 11.4. The Morgan fingerprint density at radius 3 is 2.68 bits per heavy atom. The molecule has 4 rings (SSSR count). The Labute approximate surface area is 144 Å². The predicted octanol–water partition coefficient (Wildman–Crippen LogP) is 4.86. The molecule has 0 saturated carbocycles. The first kappa shape index (κ1) is 15.3. The van der Waals surface area contributed by atoms with Crippen LogP contribution in [0.4, 0.5) is 4.39 Å². The summed E-state index contributed by atoms with van der Waals surface area (Å²) in [5.41, 5.74) is 4.42. The van der Waals surface area contributed by atoms with Gasteiger partial charge in [0.05, 0.1) is 16.9 Å². The van der Waals surface area contributed by atoms with Crippen LogP contribution in [0.25, 0.3) is 23.1 Å². The van der Waals surface area contributed by atoms with E-state index in [9.17, 15) is 4.39 Å². The van der Waals surface area contributed by atoms with Crippen LogP contribution >= 0.6 is 0 Å². The summed E-state index contributed by atoms with van der Waals surface area (Å²) >= 11 is 0. The van der Waals surface area contributed by atoms with Crippen molar-refractivity contribution in [2.24, 2.45) is 0 Å². The van der Waals surface area contributed by atoms with Crippen molar-refractivity contribution in [2.75, 3.05) is 0 Å². The van der Waals surface area contributed by atoms with E-state index in [4.69, 9.17) is 0 Å². The van der Waals surface area contributed by atoms with Crippen molar-refractivity contribution in [2.45, 2.75) is 6.42 Å². The molecule has 122 valence electrons. The summed E-state index contributed by atoms with van der Waals surface area (Å²) in [7, 11) is 0. The molecule has 0 aliphatic heterocycles. The van der Waals surface area contributed by atoms with Gasteiger partial charge in [-0.3, -0.25) is 10.1 Å². The van der Waals surface area contributed by atoms with E-state index in [1.165, 1.54) is 6.07 Å². The summed E-state index contributed by atoms with van der Waals surface area (Å²) in [4.78, 5) is 4.28. The minimum atomic E-state index is -0.176.